The fraction of sp³-hybridized carbons (Fsp3) is 0.750. The predicted octanol–water partition coefficient (Wildman–Crippen LogP) is 4.65. The molecule has 4 aliphatic carbocycles. The largest absolute Gasteiger partial charge is 0.481 e. The quantitative estimate of drug-likeness (QED) is 0.531. The van der Waals surface area contributed by atoms with Gasteiger partial charge in [-0.05, 0) is 74.2 Å². The van der Waals surface area contributed by atoms with E-state index < -0.39 is 17.0 Å². The molecule has 0 aromatic carbocycles. The van der Waals surface area contributed by atoms with Crippen molar-refractivity contribution in [2.75, 3.05) is 11.5 Å². The minimum atomic E-state index is -1.34. The minimum Gasteiger partial charge on any atom is -0.481 e. The second-order valence-electron chi connectivity index (χ2n) is 10.5. The van der Waals surface area contributed by atoms with Gasteiger partial charge in [0.05, 0.1) is 11.5 Å². The highest BCUT2D eigenvalue weighted by molar-refractivity contribution is 8.47. The van der Waals surface area contributed by atoms with Crippen LogP contribution in [0, 0.1) is 28.6 Å². The number of carboxylic acids is 1. The van der Waals surface area contributed by atoms with Gasteiger partial charge in [0.1, 0.15) is 9.13 Å². The number of aliphatic hydroxyl groups is 1. The number of thiocarbonyl (C=S) groups is 1. The van der Waals surface area contributed by atoms with Crippen molar-refractivity contribution in [2.24, 2.45) is 28.6 Å². The molecule has 4 aliphatic rings. The summed E-state index contributed by atoms with van der Waals surface area (Å²) in [6, 6.07) is 0. The maximum Gasteiger partial charge on any atom is 0.313 e. The Morgan fingerprint density at radius 3 is 2.47 bits per heavy atom. The Morgan fingerprint density at radius 2 is 1.75 bits per heavy atom. The van der Waals surface area contributed by atoms with Gasteiger partial charge in [-0.1, -0.05) is 55.2 Å². The molecule has 32 heavy (non-hydrogen) atoms. The van der Waals surface area contributed by atoms with Crippen LogP contribution in [0.1, 0.15) is 65.2 Å². The number of ketones is 2. The molecule has 0 spiro atoms. The van der Waals surface area contributed by atoms with Crippen molar-refractivity contribution >= 4 is 56.8 Å². The van der Waals surface area contributed by atoms with Gasteiger partial charge in [0.15, 0.2) is 11.6 Å². The molecule has 0 heterocycles. The van der Waals surface area contributed by atoms with E-state index in [4.69, 9.17) is 17.3 Å². The highest BCUT2D eigenvalue weighted by atomic mass is 32.2. The van der Waals surface area contributed by atoms with Crippen LogP contribution in [0.5, 0.6) is 0 Å². The number of hydrogen-bond acceptors (Lipinski definition) is 7. The summed E-state index contributed by atoms with van der Waals surface area (Å²) in [5.41, 5.74) is -0.384. The van der Waals surface area contributed by atoms with Gasteiger partial charge in [-0.25, -0.2) is 0 Å². The van der Waals surface area contributed by atoms with E-state index in [1.54, 1.807) is 0 Å². The van der Waals surface area contributed by atoms with Crippen LogP contribution in [0.25, 0.3) is 0 Å². The van der Waals surface area contributed by atoms with E-state index >= 15 is 0 Å². The third kappa shape index (κ3) is 3.93. The number of aliphatic carboxylic acids is 1. The van der Waals surface area contributed by atoms with E-state index in [0.717, 1.165) is 50.3 Å². The zero-order valence-corrected chi connectivity index (χ0v) is 21.2. The van der Waals surface area contributed by atoms with E-state index in [1.165, 1.54) is 17.3 Å². The zero-order chi connectivity index (χ0) is 23.3. The topological polar surface area (TPSA) is 91.7 Å². The highest BCUT2D eigenvalue weighted by Gasteiger charge is 2.66. The van der Waals surface area contributed by atoms with Crippen LogP contribution in [0.4, 0.5) is 0 Å². The molecule has 4 rings (SSSR count). The number of allylic oxidation sites excluding steroid dienone is 1. The first-order valence-corrected chi connectivity index (χ1v) is 13.9. The number of Topliss-reactive ketones (excluding diaryl/α,β-unsaturated/α-hetero) is 1. The van der Waals surface area contributed by atoms with Gasteiger partial charge >= 0.3 is 5.97 Å². The van der Waals surface area contributed by atoms with Gasteiger partial charge in [-0.15, -0.1) is 0 Å². The van der Waals surface area contributed by atoms with Crippen LogP contribution in [-0.4, -0.2) is 48.4 Å². The first-order valence-electron chi connectivity index (χ1n) is 11.5. The number of rotatable bonds is 5. The Morgan fingerprint density at radius 1 is 1.06 bits per heavy atom. The van der Waals surface area contributed by atoms with Gasteiger partial charge in [0.2, 0.25) is 0 Å². The van der Waals surface area contributed by atoms with E-state index in [9.17, 15) is 19.5 Å². The Hall–Kier alpha value is -0.700. The molecule has 0 saturated heterocycles. The summed E-state index contributed by atoms with van der Waals surface area (Å²) in [5, 5.41) is 20.5. The first-order chi connectivity index (χ1) is 15.0. The maximum atomic E-state index is 13.3. The van der Waals surface area contributed by atoms with E-state index in [-0.39, 0.29) is 28.5 Å². The minimum absolute atomic E-state index is 0.0757. The van der Waals surface area contributed by atoms with Crippen molar-refractivity contribution in [3.05, 3.63) is 11.6 Å². The number of hydrogen-bond donors (Lipinski definition) is 2. The molecule has 6 atom stereocenters. The van der Waals surface area contributed by atoms with E-state index in [0.29, 0.717) is 34.1 Å². The second kappa shape index (κ2) is 8.82. The fourth-order valence-electron chi connectivity index (χ4n) is 7.44. The molecule has 2 N–H and O–H groups in total. The van der Waals surface area contributed by atoms with E-state index in [2.05, 4.69) is 13.8 Å². The van der Waals surface area contributed by atoms with Crippen LogP contribution in [0.2, 0.25) is 0 Å². The number of carbonyl (C=O) groups excluding carboxylic acids is 2. The second-order valence-corrected chi connectivity index (χ2v) is 13.6. The van der Waals surface area contributed by atoms with Crippen LogP contribution in [0.3, 0.4) is 0 Å². The third-order valence-electron chi connectivity index (χ3n) is 9.21. The molecule has 5 nitrogen and oxygen atoms in total. The monoisotopic (exact) mass is 496 g/mol. The molecule has 0 unspecified atom stereocenters. The van der Waals surface area contributed by atoms with Crippen molar-refractivity contribution in [1.29, 1.82) is 0 Å². The normalized spacial score (nSPS) is 40.7. The summed E-state index contributed by atoms with van der Waals surface area (Å²) in [4.78, 5) is 36.0. The number of thioether (sulfide) groups is 2. The molecule has 0 aromatic rings. The molecule has 3 saturated carbocycles. The smallest absolute Gasteiger partial charge is 0.313 e. The Balaban J connectivity index is 1.48. The maximum absolute atomic E-state index is 13.3. The summed E-state index contributed by atoms with van der Waals surface area (Å²) in [5.74, 6) is 0.423. The lowest BCUT2D eigenvalue weighted by molar-refractivity contribution is -0.159. The number of fused-ring (bicyclic) bond motifs is 5. The first kappa shape index (κ1) is 24.4. The van der Waals surface area contributed by atoms with Crippen LogP contribution in [-0.2, 0) is 14.4 Å². The van der Waals surface area contributed by atoms with Gasteiger partial charge in [0.25, 0.3) is 0 Å². The van der Waals surface area contributed by atoms with Gasteiger partial charge in [0, 0.05) is 11.8 Å². The van der Waals surface area contributed by atoms with Crippen molar-refractivity contribution in [3.63, 3.8) is 0 Å². The lowest BCUT2D eigenvalue weighted by Gasteiger charge is -2.58. The molecular formula is C24H32O5S3. The lowest BCUT2D eigenvalue weighted by atomic mass is 9.46. The molecule has 0 radical (unpaired) electrons. The van der Waals surface area contributed by atoms with Gasteiger partial charge in [-0.2, -0.15) is 0 Å². The van der Waals surface area contributed by atoms with Crippen LogP contribution in [0.15, 0.2) is 11.6 Å². The molecule has 8 heteroatoms. The van der Waals surface area contributed by atoms with Crippen molar-refractivity contribution in [1.82, 2.24) is 0 Å². The third-order valence-corrected chi connectivity index (χ3v) is 11.9. The summed E-state index contributed by atoms with van der Waals surface area (Å²) >= 11 is 7.41. The summed E-state index contributed by atoms with van der Waals surface area (Å²) in [6.45, 7) is 4.45. The number of carboxylic acid groups (broad SMARTS) is 1. The molecule has 176 valence electrons. The van der Waals surface area contributed by atoms with Crippen molar-refractivity contribution in [3.8, 4) is 0 Å². The zero-order valence-electron chi connectivity index (χ0n) is 18.7. The average molecular weight is 497 g/mol. The van der Waals surface area contributed by atoms with Gasteiger partial charge < -0.3 is 10.2 Å². The standard InChI is InChI=1S/C24H32O5S3/c1-22-8-5-15(25)11-14(22)3-4-16-17(22)6-9-23(2)18(16)7-10-24(23,29)19(26)12-31-21(30)32-13-20(27)28/h11,16-18,29H,3-10,12-13H2,1-2H3,(H,27,28)/t16-,17-,18+,22+,23+,24+/m1/s1. The van der Waals surface area contributed by atoms with Crippen molar-refractivity contribution < 1.29 is 24.6 Å². The molecule has 0 bridgehead atoms. The highest BCUT2D eigenvalue weighted by Crippen LogP contribution is 2.67. The Labute approximate surface area is 203 Å². The summed E-state index contributed by atoms with van der Waals surface area (Å²) in [6.07, 6.45) is 8.60. The number of carbonyl (C=O) groups is 3. The van der Waals surface area contributed by atoms with Crippen LogP contribution >= 0.6 is 35.7 Å². The Bertz CT molecular complexity index is 885. The van der Waals surface area contributed by atoms with Crippen LogP contribution < -0.4 is 0 Å². The molecule has 0 amide bonds. The van der Waals surface area contributed by atoms with E-state index in [1.807, 2.05) is 6.08 Å². The molecule has 0 aromatic heterocycles. The Kier molecular flexibility index (Phi) is 6.73. The fourth-order valence-corrected chi connectivity index (χ4v) is 9.21. The summed E-state index contributed by atoms with van der Waals surface area (Å²) < 4.78 is 0.430. The predicted molar refractivity (Wildman–Crippen MR) is 132 cm³/mol. The molecule has 0 aliphatic heterocycles. The SMILES string of the molecule is C[C@]12CCC(=O)C=C1CC[C@@H]1[C@H]2CC[C@@]2(C)[C@H]1CC[C@]2(O)C(=O)CSC(=S)SCC(=O)O. The molecular weight excluding hydrogens is 464 g/mol. The molecule has 3 fully saturated rings. The summed E-state index contributed by atoms with van der Waals surface area (Å²) in [7, 11) is 0. The lowest BCUT2D eigenvalue weighted by Crippen LogP contribution is -2.58. The average Bonchev–Trinajstić information content (AvgIpc) is 3.03. The van der Waals surface area contributed by atoms with Crippen molar-refractivity contribution in [2.45, 2.75) is 70.8 Å². The van der Waals surface area contributed by atoms with Gasteiger partial charge in [-0.3, -0.25) is 14.4 Å².